The number of halogens is 1. The Morgan fingerprint density at radius 3 is 2.57 bits per heavy atom. The van der Waals surface area contributed by atoms with E-state index in [1.165, 1.54) is 6.20 Å². The van der Waals surface area contributed by atoms with E-state index in [0.717, 1.165) is 32.2 Å². The van der Waals surface area contributed by atoms with Crippen molar-refractivity contribution in [3.8, 4) is 0 Å². The van der Waals surface area contributed by atoms with E-state index >= 15 is 0 Å². The van der Waals surface area contributed by atoms with Crippen molar-refractivity contribution in [2.45, 2.75) is 51.0 Å². The first kappa shape index (κ1) is 23.4. The van der Waals surface area contributed by atoms with Crippen LogP contribution in [0.1, 0.15) is 55.5 Å². The van der Waals surface area contributed by atoms with Gasteiger partial charge in [0.05, 0.1) is 5.02 Å². The number of carbonyl (C=O) groups excluding carboxylic acids is 3. The topological polar surface area (TPSA) is 105 Å². The molecular weight excluding hydrogens is 468 g/mol. The summed E-state index contributed by atoms with van der Waals surface area (Å²) < 4.78 is 5.83. The van der Waals surface area contributed by atoms with Crippen molar-refractivity contribution in [1.29, 1.82) is 0 Å². The smallest absolute Gasteiger partial charge is 0.294 e. The van der Waals surface area contributed by atoms with Crippen molar-refractivity contribution < 1.29 is 18.8 Å². The summed E-state index contributed by atoms with van der Waals surface area (Å²) in [5.74, 6) is -0.266. The maximum Gasteiger partial charge on any atom is 0.294 e. The highest BCUT2D eigenvalue weighted by atomic mass is 35.5. The maximum atomic E-state index is 13.2. The Labute approximate surface area is 208 Å². The van der Waals surface area contributed by atoms with Gasteiger partial charge in [-0.1, -0.05) is 23.7 Å². The zero-order chi connectivity index (χ0) is 24.4. The van der Waals surface area contributed by atoms with Gasteiger partial charge in [-0.2, -0.15) is 0 Å². The van der Waals surface area contributed by atoms with Crippen molar-refractivity contribution in [3.63, 3.8) is 0 Å². The molecule has 2 N–H and O–H groups in total. The minimum absolute atomic E-state index is 0.0175. The molecule has 3 heterocycles. The number of furan rings is 1. The highest BCUT2D eigenvalue weighted by Gasteiger charge is 2.33. The molecule has 2 aromatic heterocycles. The fourth-order valence-electron chi connectivity index (χ4n) is 5.04. The van der Waals surface area contributed by atoms with E-state index in [-0.39, 0.29) is 29.5 Å². The van der Waals surface area contributed by atoms with Gasteiger partial charge in [-0.15, -0.1) is 0 Å². The van der Waals surface area contributed by atoms with Crippen molar-refractivity contribution in [1.82, 2.24) is 9.88 Å². The van der Waals surface area contributed by atoms with Crippen molar-refractivity contribution in [3.05, 3.63) is 53.4 Å². The number of anilines is 2. The summed E-state index contributed by atoms with van der Waals surface area (Å²) in [6.07, 6.45) is 7.11. The number of nitrogens with zero attached hydrogens (tertiary/aromatic N) is 2. The lowest BCUT2D eigenvalue weighted by Gasteiger charge is -2.38. The van der Waals surface area contributed by atoms with Gasteiger partial charge in [0.2, 0.25) is 17.6 Å². The summed E-state index contributed by atoms with van der Waals surface area (Å²) in [4.78, 5) is 44.6. The number of aromatic nitrogens is 1. The molecule has 35 heavy (non-hydrogen) atoms. The van der Waals surface area contributed by atoms with Gasteiger partial charge in [0, 0.05) is 36.5 Å². The SMILES string of the molecule is O=C(Nc1ccc(Cl)cn1)c1oc2ccccc2c1NC(=O)[C@H]1CC[C@H](N2CCCCC2=O)CC1. The number of benzene rings is 1. The number of fused-ring (bicyclic) bond motifs is 1. The number of hydrogen-bond acceptors (Lipinski definition) is 5. The van der Waals surface area contributed by atoms with Crippen LogP contribution in [0.25, 0.3) is 11.0 Å². The molecule has 5 rings (SSSR count). The Hall–Kier alpha value is -3.39. The molecule has 8 nitrogen and oxygen atoms in total. The van der Waals surface area contributed by atoms with Gasteiger partial charge >= 0.3 is 0 Å². The molecule has 0 bridgehead atoms. The molecule has 0 unspecified atom stereocenters. The fraction of sp³-hybridized carbons (Fsp3) is 0.385. The monoisotopic (exact) mass is 494 g/mol. The number of piperidine rings is 1. The van der Waals surface area contributed by atoms with Crippen LogP contribution in [0.5, 0.6) is 0 Å². The van der Waals surface area contributed by atoms with Crippen LogP contribution < -0.4 is 10.6 Å². The number of para-hydroxylation sites is 1. The predicted molar refractivity (Wildman–Crippen MR) is 133 cm³/mol. The number of carbonyl (C=O) groups is 3. The molecule has 0 atom stereocenters. The zero-order valence-electron chi connectivity index (χ0n) is 19.3. The first-order chi connectivity index (χ1) is 17.0. The van der Waals surface area contributed by atoms with E-state index in [4.69, 9.17) is 16.0 Å². The second-order valence-corrected chi connectivity index (χ2v) is 9.59. The predicted octanol–water partition coefficient (Wildman–Crippen LogP) is 5.24. The minimum atomic E-state index is -0.515. The highest BCUT2D eigenvalue weighted by Crippen LogP contribution is 2.34. The lowest BCUT2D eigenvalue weighted by molar-refractivity contribution is -0.136. The van der Waals surface area contributed by atoms with Crippen molar-refractivity contribution in [2.75, 3.05) is 17.2 Å². The quantitative estimate of drug-likeness (QED) is 0.504. The summed E-state index contributed by atoms with van der Waals surface area (Å²) >= 11 is 5.87. The van der Waals surface area contributed by atoms with E-state index in [1.807, 2.05) is 23.1 Å². The van der Waals surface area contributed by atoms with Crippen molar-refractivity contribution >= 4 is 51.8 Å². The number of likely N-dealkylation sites (tertiary alicyclic amines) is 1. The van der Waals surface area contributed by atoms with Crippen LogP contribution in [0.4, 0.5) is 11.5 Å². The summed E-state index contributed by atoms with van der Waals surface area (Å²) in [7, 11) is 0. The number of hydrogen-bond donors (Lipinski definition) is 2. The molecule has 1 aliphatic heterocycles. The maximum absolute atomic E-state index is 13.2. The van der Waals surface area contributed by atoms with Gasteiger partial charge in [-0.05, 0) is 62.8 Å². The van der Waals surface area contributed by atoms with Crippen LogP contribution >= 0.6 is 11.6 Å². The molecule has 3 aromatic rings. The lowest BCUT2D eigenvalue weighted by atomic mass is 9.84. The number of rotatable bonds is 5. The Kier molecular flexibility index (Phi) is 6.72. The van der Waals surface area contributed by atoms with Gasteiger partial charge in [-0.3, -0.25) is 14.4 Å². The molecule has 9 heteroatoms. The molecule has 1 aromatic carbocycles. The molecule has 1 aliphatic carbocycles. The normalized spacial score (nSPS) is 20.6. The summed E-state index contributed by atoms with van der Waals surface area (Å²) in [6, 6.07) is 10.6. The zero-order valence-corrected chi connectivity index (χ0v) is 20.0. The highest BCUT2D eigenvalue weighted by molar-refractivity contribution is 6.30. The third kappa shape index (κ3) is 5.03. The van der Waals surface area contributed by atoms with Crippen LogP contribution in [0.15, 0.2) is 47.0 Å². The van der Waals surface area contributed by atoms with E-state index in [9.17, 15) is 14.4 Å². The first-order valence-electron chi connectivity index (χ1n) is 12.0. The Morgan fingerprint density at radius 2 is 1.83 bits per heavy atom. The summed E-state index contributed by atoms with van der Waals surface area (Å²) in [5, 5.41) is 6.77. The van der Waals surface area contributed by atoms with Crippen LogP contribution in [0, 0.1) is 5.92 Å². The van der Waals surface area contributed by atoms with Gasteiger partial charge in [0.1, 0.15) is 17.1 Å². The minimum Gasteiger partial charge on any atom is -0.449 e. The first-order valence-corrected chi connectivity index (χ1v) is 12.4. The Balaban J connectivity index is 1.30. The molecule has 1 saturated heterocycles. The standard InChI is InChI=1S/C26H27ClN4O4/c27-17-10-13-21(28-15-17)29-26(34)24-23(19-5-1-2-6-20(19)35-24)30-25(33)16-8-11-18(12-9-16)31-14-4-3-7-22(31)32/h1-2,5-6,10,13,15-16,18H,3-4,7-9,11-12,14H2,(H,30,33)(H,28,29,34)/t16-,18-. The van der Waals surface area contributed by atoms with E-state index < -0.39 is 5.91 Å². The average molecular weight is 495 g/mol. The Morgan fingerprint density at radius 1 is 1.03 bits per heavy atom. The molecule has 0 spiro atoms. The second kappa shape index (κ2) is 10.1. The van der Waals surface area contributed by atoms with Crippen LogP contribution in [-0.4, -0.2) is 40.2 Å². The third-order valence-corrected chi connectivity index (χ3v) is 7.11. The average Bonchev–Trinajstić information content (AvgIpc) is 3.24. The van der Waals surface area contributed by atoms with Crippen LogP contribution in [0.3, 0.4) is 0 Å². The summed E-state index contributed by atoms with van der Waals surface area (Å²) in [5.41, 5.74) is 0.856. The molecule has 3 amide bonds. The van der Waals surface area contributed by atoms with Gasteiger partial charge in [-0.25, -0.2) is 4.98 Å². The third-order valence-electron chi connectivity index (χ3n) is 6.89. The molecule has 1 saturated carbocycles. The van der Waals surface area contributed by atoms with Gasteiger partial charge < -0.3 is 20.0 Å². The van der Waals surface area contributed by atoms with Crippen LogP contribution in [-0.2, 0) is 9.59 Å². The van der Waals surface area contributed by atoms with E-state index in [2.05, 4.69) is 15.6 Å². The summed E-state index contributed by atoms with van der Waals surface area (Å²) in [6.45, 7) is 0.822. The van der Waals surface area contributed by atoms with Crippen LogP contribution in [0.2, 0.25) is 5.02 Å². The van der Waals surface area contributed by atoms with Gasteiger partial charge in [0.25, 0.3) is 5.91 Å². The Bertz CT molecular complexity index is 1250. The second-order valence-electron chi connectivity index (χ2n) is 9.16. The lowest BCUT2D eigenvalue weighted by Crippen LogP contribution is -2.45. The van der Waals surface area contributed by atoms with Crippen molar-refractivity contribution in [2.24, 2.45) is 5.92 Å². The fourth-order valence-corrected chi connectivity index (χ4v) is 5.15. The number of nitrogens with one attached hydrogen (secondary N) is 2. The molecular formula is C26H27ClN4O4. The molecule has 2 fully saturated rings. The largest absolute Gasteiger partial charge is 0.449 e. The number of amides is 3. The van der Waals surface area contributed by atoms with Gasteiger partial charge in [0.15, 0.2) is 0 Å². The molecule has 182 valence electrons. The molecule has 0 radical (unpaired) electrons. The molecule has 2 aliphatic rings. The van der Waals surface area contributed by atoms with E-state index in [1.54, 1.807) is 18.2 Å². The number of pyridine rings is 1. The van der Waals surface area contributed by atoms with E-state index in [0.29, 0.717) is 46.8 Å².